The Morgan fingerprint density at radius 1 is 1.35 bits per heavy atom. The number of hydrogen-bond donors (Lipinski definition) is 1. The zero-order chi connectivity index (χ0) is 12.3. The third-order valence-electron chi connectivity index (χ3n) is 3.46. The van der Waals surface area contributed by atoms with Gasteiger partial charge in [0.1, 0.15) is 0 Å². The van der Waals surface area contributed by atoms with Gasteiger partial charge in [0, 0.05) is 12.1 Å². The normalized spacial score (nSPS) is 24.8. The summed E-state index contributed by atoms with van der Waals surface area (Å²) in [5, 5.41) is 3.53. The quantitative estimate of drug-likeness (QED) is 0.811. The monoisotopic (exact) mass is 233 g/mol. The number of benzene rings is 1. The lowest BCUT2D eigenvalue weighted by molar-refractivity contribution is -0.149. The van der Waals surface area contributed by atoms with E-state index >= 15 is 0 Å². The second-order valence-electron chi connectivity index (χ2n) is 4.69. The zero-order valence-corrected chi connectivity index (χ0v) is 10.3. The number of carbonyl (C=O) groups is 1. The van der Waals surface area contributed by atoms with Crippen LogP contribution in [-0.2, 0) is 9.53 Å². The van der Waals surface area contributed by atoms with Gasteiger partial charge >= 0.3 is 5.97 Å². The smallest absolute Gasteiger partial charge is 0.308 e. The fraction of sp³-hybridized carbons (Fsp3) is 0.500. The van der Waals surface area contributed by atoms with E-state index in [-0.39, 0.29) is 11.9 Å². The SMILES string of the molecule is COC(=O)C1CC(NC(C)c2ccccc2)C1. The fourth-order valence-electron chi connectivity index (χ4n) is 2.30. The molecule has 0 heterocycles. The Morgan fingerprint density at radius 2 is 2.00 bits per heavy atom. The number of nitrogens with one attached hydrogen (secondary N) is 1. The van der Waals surface area contributed by atoms with Crippen LogP contribution in [0.4, 0.5) is 0 Å². The Morgan fingerprint density at radius 3 is 2.59 bits per heavy atom. The van der Waals surface area contributed by atoms with E-state index in [4.69, 9.17) is 4.74 Å². The highest BCUT2D eigenvalue weighted by Gasteiger charge is 2.35. The van der Waals surface area contributed by atoms with Gasteiger partial charge in [-0.3, -0.25) is 4.79 Å². The first-order valence-electron chi connectivity index (χ1n) is 6.09. The molecule has 3 heteroatoms. The van der Waals surface area contributed by atoms with Crippen LogP contribution in [0.5, 0.6) is 0 Å². The van der Waals surface area contributed by atoms with Crippen LogP contribution in [0.25, 0.3) is 0 Å². The molecule has 1 aromatic rings. The predicted molar refractivity (Wildman–Crippen MR) is 66.5 cm³/mol. The Hall–Kier alpha value is -1.35. The van der Waals surface area contributed by atoms with Gasteiger partial charge in [-0.1, -0.05) is 30.3 Å². The first-order chi connectivity index (χ1) is 8.20. The largest absolute Gasteiger partial charge is 0.469 e. The third-order valence-corrected chi connectivity index (χ3v) is 3.46. The van der Waals surface area contributed by atoms with Gasteiger partial charge < -0.3 is 10.1 Å². The summed E-state index contributed by atoms with van der Waals surface area (Å²) in [4.78, 5) is 11.2. The Bertz CT molecular complexity index is 371. The highest BCUT2D eigenvalue weighted by molar-refractivity contribution is 5.73. The molecule has 3 nitrogen and oxygen atoms in total. The molecule has 1 unspecified atom stereocenters. The van der Waals surface area contributed by atoms with Gasteiger partial charge in [0.05, 0.1) is 13.0 Å². The highest BCUT2D eigenvalue weighted by Crippen LogP contribution is 2.30. The van der Waals surface area contributed by atoms with Gasteiger partial charge in [0.25, 0.3) is 0 Å². The van der Waals surface area contributed by atoms with Crippen molar-refractivity contribution >= 4 is 5.97 Å². The number of carbonyl (C=O) groups excluding carboxylic acids is 1. The number of methoxy groups -OCH3 is 1. The standard InChI is InChI=1S/C14H19NO2/c1-10(11-6-4-3-5-7-11)15-13-8-12(9-13)14(16)17-2/h3-7,10,12-13,15H,8-9H2,1-2H3. The van der Waals surface area contributed by atoms with Crippen molar-refractivity contribution in [3.63, 3.8) is 0 Å². The summed E-state index contributed by atoms with van der Waals surface area (Å²) < 4.78 is 4.73. The Balaban J connectivity index is 1.79. The summed E-state index contributed by atoms with van der Waals surface area (Å²) in [5.41, 5.74) is 1.29. The van der Waals surface area contributed by atoms with Crippen molar-refractivity contribution in [1.29, 1.82) is 0 Å². The van der Waals surface area contributed by atoms with Crippen LogP contribution in [0.3, 0.4) is 0 Å². The molecule has 0 bridgehead atoms. The molecule has 17 heavy (non-hydrogen) atoms. The average molecular weight is 233 g/mol. The van der Waals surface area contributed by atoms with Gasteiger partial charge in [0.2, 0.25) is 0 Å². The van der Waals surface area contributed by atoms with Crippen molar-refractivity contribution in [2.24, 2.45) is 5.92 Å². The molecule has 0 aromatic heterocycles. The minimum atomic E-state index is -0.0737. The predicted octanol–water partition coefficient (Wildman–Crippen LogP) is 2.29. The first kappa shape index (κ1) is 12.1. The molecule has 0 saturated heterocycles. The van der Waals surface area contributed by atoms with E-state index in [1.54, 1.807) is 0 Å². The molecule has 0 radical (unpaired) electrons. The minimum Gasteiger partial charge on any atom is -0.469 e. The van der Waals surface area contributed by atoms with Crippen LogP contribution in [0, 0.1) is 5.92 Å². The summed E-state index contributed by atoms with van der Waals surface area (Å²) in [6, 6.07) is 11.1. The Kier molecular flexibility index (Phi) is 3.79. The minimum absolute atomic E-state index is 0.0737. The molecule has 1 aromatic carbocycles. The summed E-state index contributed by atoms with van der Waals surface area (Å²) in [7, 11) is 1.45. The van der Waals surface area contributed by atoms with Crippen molar-refractivity contribution in [3.05, 3.63) is 35.9 Å². The molecule has 92 valence electrons. The molecule has 1 atom stereocenters. The second kappa shape index (κ2) is 5.32. The van der Waals surface area contributed by atoms with Crippen molar-refractivity contribution in [2.45, 2.75) is 31.8 Å². The number of ether oxygens (including phenoxy) is 1. The van der Waals surface area contributed by atoms with E-state index in [0.29, 0.717) is 12.1 Å². The number of rotatable bonds is 4. The van der Waals surface area contributed by atoms with Crippen molar-refractivity contribution in [1.82, 2.24) is 5.32 Å². The summed E-state index contributed by atoms with van der Waals surface area (Å²) in [6.07, 6.45) is 1.79. The van der Waals surface area contributed by atoms with Crippen LogP contribution in [-0.4, -0.2) is 19.1 Å². The molecule has 0 amide bonds. The summed E-state index contributed by atoms with van der Waals surface area (Å²) in [5.74, 6) is 0.0240. The lowest BCUT2D eigenvalue weighted by atomic mass is 9.80. The van der Waals surface area contributed by atoms with Crippen molar-refractivity contribution in [3.8, 4) is 0 Å². The molecule has 1 fully saturated rings. The van der Waals surface area contributed by atoms with Gasteiger partial charge in [-0.2, -0.15) is 0 Å². The van der Waals surface area contributed by atoms with E-state index in [9.17, 15) is 4.79 Å². The Labute approximate surface area is 102 Å². The molecule has 1 aliphatic carbocycles. The molecule has 1 aliphatic rings. The maximum Gasteiger partial charge on any atom is 0.308 e. The molecule has 0 aliphatic heterocycles. The topological polar surface area (TPSA) is 38.3 Å². The van der Waals surface area contributed by atoms with Crippen LogP contribution < -0.4 is 5.32 Å². The molecular weight excluding hydrogens is 214 g/mol. The van der Waals surface area contributed by atoms with E-state index in [2.05, 4.69) is 24.4 Å². The van der Waals surface area contributed by atoms with E-state index in [1.165, 1.54) is 12.7 Å². The number of hydrogen-bond acceptors (Lipinski definition) is 3. The van der Waals surface area contributed by atoms with Crippen LogP contribution in [0.15, 0.2) is 30.3 Å². The zero-order valence-electron chi connectivity index (χ0n) is 10.3. The van der Waals surface area contributed by atoms with E-state index in [1.807, 2.05) is 18.2 Å². The maximum absolute atomic E-state index is 11.2. The van der Waals surface area contributed by atoms with E-state index < -0.39 is 0 Å². The van der Waals surface area contributed by atoms with Crippen LogP contribution in [0.1, 0.15) is 31.4 Å². The lowest BCUT2D eigenvalue weighted by Crippen LogP contribution is -2.45. The summed E-state index contributed by atoms with van der Waals surface area (Å²) in [6.45, 7) is 2.15. The first-order valence-corrected chi connectivity index (χ1v) is 6.09. The van der Waals surface area contributed by atoms with E-state index in [0.717, 1.165) is 12.8 Å². The molecule has 0 spiro atoms. The van der Waals surface area contributed by atoms with Gasteiger partial charge in [-0.25, -0.2) is 0 Å². The lowest BCUT2D eigenvalue weighted by Gasteiger charge is -2.36. The fourth-order valence-corrected chi connectivity index (χ4v) is 2.30. The van der Waals surface area contributed by atoms with Gasteiger partial charge in [-0.05, 0) is 25.3 Å². The van der Waals surface area contributed by atoms with Gasteiger partial charge in [-0.15, -0.1) is 0 Å². The second-order valence-corrected chi connectivity index (χ2v) is 4.69. The maximum atomic E-state index is 11.2. The highest BCUT2D eigenvalue weighted by atomic mass is 16.5. The van der Waals surface area contributed by atoms with Gasteiger partial charge in [0.15, 0.2) is 0 Å². The van der Waals surface area contributed by atoms with Crippen molar-refractivity contribution < 1.29 is 9.53 Å². The molecule has 1 saturated carbocycles. The molecule has 1 N–H and O–H groups in total. The number of esters is 1. The van der Waals surface area contributed by atoms with Crippen LogP contribution >= 0.6 is 0 Å². The summed E-state index contributed by atoms with van der Waals surface area (Å²) >= 11 is 0. The molecular formula is C14H19NO2. The third kappa shape index (κ3) is 2.86. The van der Waals surface area contributed by atoms with Crippen molar-refractivity contribution in [2.75, 3.05) is 7.11 Å². The average Bonchev–Trinajstić information content (AvgIpc) is 2.33. The van der Waals surface area contributed by atoms with Crippen LogP contribution in [0.2, 0.25) is 0 Å². The molecule has 2 rings (SSSR count).